The van der Waals surface area contributed by atoms with Crippen molar-refractivity contribution in [3.63, 3.8) is 0 Å². The van der Waals surface area contributed by atoms with Gasteiger partial charge in [-0.05, 0) is 42.7 Å². The Balaban J connectivity index is 1.82. The number of nitriles is 1. The molecule has 5 nitrogen and oxygen atoms in total. The average molecular weight is 330 g/mol. The molecule has 2 aromatic heterocycles. The van der Waals surface area contributed by atoms with Crippen LogP contribution in [0.5, 0.6) is 5.75 Å². The minimum absolute atomic E-state index is 0.493. The fraction of sp³-hybridized carbons (Fsp3) is 0.200. The summed E-state index contributed by atoms with van der Waals surface area (Å²) in [6.45, 7) is 4.25. The molecule has 2 aromatic carbocycles. The number of aromatic amines is 2. The van der Waals surface area contributed by atoms with Gasteiger partial charge >= 0.3 is 0 Å². The molecule has 25 heavy (non-hydrogen) atoms. The summed E-state index contributed by atoms with van der Waals surface area (Å²) in [6, 6.07) is 10.1. The molecule has 0 bridgehead atoms. The quantitative estimate of drug-likeness (QED) is 0.593. The van der Waals surface area contributed by atoms with E-state index in [2.05, 4.69) is 47.0 Å². The molecule has 5 heteroatoms. The molecule has 0 aliphatic rings. The smallest absolute Gasteiger partial charge is 0.138 e. The van der Waals surface area contributed by atoms with E-state index in [4.69, 9.17) is 4.74 Å². The van der Waals surface area contributed by atoms with Gasteiger partial charge < -0.3 is 14.7 Å². The van der Waals surface area contributed by atoms with E-state index in [1.54, 1.807) is 13.2 Å². The lowest BCUT2D eigenvalue weighted by Gasteiger charge is -2.08. The van der Waals surface area contributed by atoms with E-state index in [0.717, 1.165) is 16.9 Å². The normalized spacial score (nSPS) is 11.1. The molecule has 0 amide bonds. The van der Waals surface area contributed by atoms with Gasteiger partial charge in [0.25, 0.3) is 0 Å². The van der Waals surface area contributed by atoms with E-state index in [1.807, 2.05) is 12.3 Å². The lowest BCUT2D eigenvalue weighted by molar-refractivity contribution is 0.414. The molecule has 0 fully saturated rings. The Kier molecular flexibility index (Phi) is 3.47. The zero-order valence-corrected chi connectivity index (χ0v) is 14.4. The monoisotopic (exact) mass is 330 g/mol. The maximum absolute atomic E-state index is 9.24. The number of ether oxygens (including phenoxy) is 1. The first kappa shape index (κ1) is 15.3. The summed E-state index contributed by atoms with van der Waals surface area (Å²) in [4.78, 5) is 11.3. The van der Waals surface area contributed by atoms with E-state index in [-0.39, 0.29) is 0 Å². The van der Waals surface area contributed by atoms with Crippen LogP contribution >= 0.6 is 0 Å². The predicted molar refractivity (Wildman–Crippen MR) is 97.9 cm³/mol. The number of rotatable bonds is 3. The Hall–Kier alpha value is -3.26. The number of methoxy groups -OCH3 is 1. The highest BCUT2D eigenvalue weighted by Gasteiger charge is 2.13. The summed E-state index contributed by atoms with van der Waals surface area (Å²) >= 11 is 0. The van der Waals surface area contributed by atoms with E-state index in [9.17, 15) is 5.26 Å². The van der Waals surface area contributed by atoms with Crippen LogP contribution in [0.25, 0.3) is 21.9 Å². The van der Waals surface area contributed by atoms with Gasteiger partial charge in [0.15, 0.2) is 0 Å². The standard InChI is InChI=1S/C20H18N4O/c1-11-6-12(2)20-14(4-5-22-20)15(11)8-19-23-16-7-13(10-21)18(25-3)9-17(16)24-19/h4-7,9,22H,8H2,1-3H3,(H,23,24). The minimum Gasteiger partial charge on any atom is -0.495 e. The molecular weight excluding hydrogens is 312 g/mol. The van der Waals surface area contributed by atoms with Gasteiger partial charge in [0.05, 0.1) is 23.7 Å². The Morgan fingerprint density at radius 2 is 2.04 bits per heavy atom. The van der Waals surface area contributed by atoms with Crippen molar-refractivity contribution < 1.29 is 4.74 Å². The third-order valence-electron chi connectivity index (χ3n) is 4.69. The van der Waals surface area contributed by atoms with Gasteiger partial charge in [0.2, 0.25) is 0 Å². The maximum atomic E-state index is 9.24. The summed E-state index contributed by atoms with van der Waals surface area (Å²) in [5.74, 6) is 1.44. The van der Waals surface area contributed by atoms with E-state index >= 15 is 0 Å². The van der Waals surface area contributed by atoms with Crippen LogP contribution in [-0.4, -0.2) is 22.1 Å². The number of benzene rings is 2. The molecule has 4 rings (SSSR count). The summed E-state index contributed by atoms with van der Waals surface area (Å²) in [7, 11) is 1.57. The van der Waals surface area contributed by atoms with E-state index < -0.39 is 0 Å². The van der Waals surface area contributed by atoms with Gasteiger partial charge in [0.1, 0.15) is 17.6 Å². The summed E-state index contributed by atoms with van der Waals surface area (Å²) in [6.07, 6.45) is 2.68. The number of imidazole rings is 1. The Morgan fingerprint density at radius 3 is 2.80 bits per heavy atom. The van der Waals surface area contributed by atoms with Crippen LogP contribution in [0.3, 0.4) is 0 Å². The zero-order valence-electron chi connectivity index (χ0n) is 14.4. The predicted octanol–water partition coefficient (Wildman–Crippen LogP) is 4.13. The van der Waals surface area contributed by atoms with Gasteiger partial charge in [-0.15, -0.1) is 0 Å². The second-order valence-electron chi connectivity index (χ2n) is 6.30. The van der Waals surface area contributed by atoms with Crippen molar-refractivity contribution in [2.75, 3.05) is 7.11 Å². The lowest BCUT2D eigenvalue weighted by Crippen LogP contribution is -1.96. The van der Waals surface area contributed by atoms with E-state index in [0.29, 0.717) is 17.7 Å². The number of H-pyrrole nitrogens is 2. The van der Waals surface area contributed by atoms with Gasteiger partial charge in [-0.2, -0.15) is 5.26 Å². The summed E-state index contributed by atoms with van der Waals surface area (Å²) in [5.41, 5.74) is 7.07. The fourth-order valence-corrected chi connectivity index (χ4v) is 3.48. The molecule has 4 aromatic rings. The van der Waals surface area contributed by atoms with Crippen LogP contribution in [0.2, 0.25) is 0 Å². The van der Waals surface area contributed by atoms with Gasteiger partial charge in [0, 0.05) is 29.6 Å². The van der Waals surface area contributed by atoms with Crippen molar-refractivity contribution in [2.45, 2.75) is 20.3 Å². The number of hydrogen-bond donors (Lipinski definition) is 2. The molecule has 0 saturated carbocycles. The number of aryl methyl sites for hydroxylation is 2. The second kappa shape index (κ2) is 5.67. The topological polar surface area (TPSA) is 77.5 Å². The number of nitrogens with zero attached hydrogens (tertiary/aromatic N) is 2. The molecule has 0 unspecified atom stereocenters. The Morgan fingerprint density at radius 1 is 1.20 bits per heavy atom. The first-order valence-corrected chi connectivity index (χ1v) is 8.13. The highest BCUT2D eigenvalue weighted by Crippen LogP contribution is 2.28. The largest absolute Gasteiger partial charge is 0.495 e. The molecule has 0 radical (unpaired) electrons. The highest BCUT2D eigenvalue weighted by molar-refractivity contribution is 5.87. The summed E-state index contributed by atoms with van der Waals surface area (Å²) < 4.78 is 5.28. The molecular formula is C20H18N4O. The fourth-order valence-electron chi connectivity index (χ4n) is 3.48. The van der Waals surface area contributed by atoms with Crippen molar-refractivity contribution in [3.8, 4) is 11.8 Å². The van der Waals surface area contributed by atoms with Crippen molar-refractivity contribution in [1.82, 2.24) is 15.0 Å². The van der Waals surface area contributed by atoms with Crippen molar-refractivity contribution in [2.24, 2.45) is 0 Å². The lowest BCUT2D eigenvalue weighted by atomic mass is 9.98. The number of aromatic nitrogens is 3. The van der Waals surface area contributed by atoms with Gasteiger partial charge in [-0.25, -0.2) is 4.98 Å². The average Bonchev–Trinajstić information content (AvgIpc) is 3.23. The third-order valence-corrected chi connectivity index (χ3v) is 4.69. The Labute approximate surface area is 145 Å². The van der Waals surface area contributed by atoms with Crippen LogP contribution in [0.1, 0.15) is 28.1 Å². The highest BCUT2D eigenvalue weighted by atomic mass is 16.5. The van der Waals surface area contributed by atoms with Gasteiger partial charge in [-0.3, -0.25) is 0 Å². The van der Waals surface area contributed by atoms with Crippen LogP contribution in [0.15, 0.2) is 30.5 Å². The SMILES string of the molecule is COc1cc2[nH]c(Cc3c(C)cc(C)c4[nH]ccc34)nc2cc1C#N. The third kappa shape index (κ3) is 2.43. The molecule has 2 heterocycles. The first-order valence-electron chi connectivity index (χ1n) is 8.13. The molecule has 0 atom stereocenters. The van der Waals surface area contributed by atoms with Gasteiger partial charge in [-0.1, -0.05) is 6.07 Å². The minimum atomic E-state index is 0.493. The number of fused-ring (bicyclic) bond motifs is 2. The van der Waals surface area contributed by atoms with Crippen LogP contribution in [0, 0.1) is 25.2 Å². The van der Waals surface area contributed by atoms with Crippen LogP contribution < -0.4 is 4.74 Å². The molecule has 0 aliphatic heterocycles. The zero-order chi connectivity index (χ0) is 17.6. The van der Waals surface area contributed by atoms with Crippen molar-refractivity contribution >= 4 is 21.9 Å². The van der Waals surface area contributed by atoms with Crippen molar-refractivity contribution in [1.29, 1.82) is 5.26 Å². The molecule has 0 aliphatic carbocycles. The first-order chi connectivity index (χ1) is 12.1. The molecule has 2 N–H and O–H groups in total. The second-order valence-corrected chi connectivity index (χ2v) is 6.30. The maximum Gasteiger partial charge on any atom is 0.138 e. The molecule has 0 saturated heterocycles. The number of nitrogens with one attached hydrogen (secondary N) is 2. The van der Waals surface area contributed by atoms with Crippen LogP contribution in [-0.2, 0) is 6.42 Å². The Bertz CT molecular complexity index is 1140. The van der Waals surface area contributed by atoms with Crippen LogP contribution in [0.4, 0.5) is 0 Å². The van der Waals surface area contributed by atoms with Crippen molar-refractivity contribution in [3.05, 3.63) is 58.5 Å². The molecule has 124 valence electrons. The molecule has 0 spiro atoms. The van der Waals surface area contributed by atoms with E-state index in [1.165, 1.54) is 27.6 Å². The number of hydrogen-bond acceptors (Lipinski definition) is 3. The summed E-state index contributed by atoms with van der Waals surface area (Å²) in [5, 5.41) is 10.5.